The van der Waals surface area contributed by atoms with Crippen molar-refractivity contribution in [3.05, 3.63) is 56.5 Å². The Morgan fingerprint density at radius 1 is 1.19 bits per heavy atom. The molecule has 31 heavy (non-hydrogen) atoms. The van der Waals surface area contributed by atoms with Gasteiger partial charge in [-0.25, -0.2) is 0 Å². The molecule has 1 amide bonds. The van der Waals surface area contributed by atoms with Crippen molar-refractivity contribution in [2.75, 3.05) is 11.4 Å². The van der Waals surface area contributed by atoms with Gasteiger partial charge in [-0.05, 0) is 0 Å². The van der Waals surface area contributed by atoms with Crippen molar-refractivity contribution < 1.29 is 4.79 Å². The maximum atomic E-state index is 13.1. The molecule has 0 saturated heterocycles. The van der Waals surface area contributed by atoms with Gasteiger partial charge in [0.05, 0.1) is 0 Å². The van der Waals surface area contributed by atoms with E-state index in [1.165, 1.54) is 3.12 Å². The predicted octanol–water partition coefficient (Wildman–Crippen LogP) is 2.12. The molecule has 1 aliphatic rings. The van der Waals surface area contributed by atoms with Crippen molar-refractivity contribution in [1.29, 1.82) is 0 Å². The first kappa shape index (κ1) is 24.0. The summed E-state index contributed by atoms with van der Waals surface area (Å²) in [5.41, 5.74) is 11.2. The number of benzene rings is 1. The first-order valence-electron chi connectivity index (χ1n) is 11.1. The molecule has 3 rings (SSSR count). The first-order chi connectivity index (χ1) is 14.7. The van der Waals surface area contributed by atoms with Gasteiger partial charge >= 0.3 is 201 Å². The van der Waals surface area contributed by atoms with Crippen LogP contribution in [0.5, 0.6) is 0 Å². The number of pyridine rings is 1. The summed E-state index contributed by atoms with van der Waals surface area (Å²) in [6.45, 7) is 9.12. The van der Waals surface area contributed by atoms with Crippen LogP contribution in [0.15, 0.2) is 23.0 Å². The number of amides is 1. The maximum absolute atomic E-state index is 13.1. The van der Waals surface area contributed by atoms with E-state index in [0.717, 1.165) is 54.7 Å². The third kappa shape index (κ3) is 5.58. The van der Waals surface area contributed by atoms with Crippen LogP contribution < -0.4 is 24.6 Å². The molecule has 1 fully saturated rings. The number of carbonyl (C=O) groups excluding carboxylic acids is 1. The van der Waals surface area contributed by atoms with Crippen molar-refractivity contribution in [3.63, 3.8) is 0 Å². The summed E-state index contributed by atoms with van der Waals surface area (Å²) in [4.78, 5) is 30.7. The SMILES string of the molecule is CCN(c1c[c]([Tl])cc(C(=O)NCc2c(C)cc(C)[nH]c2=O)c1C)C1CCC(N)CC1. The molecule has 0 spiro atoms. The van der Waals surface area contributed by atoms with Crippen LogP contribution >= 0.6 is 0 Å². The van der Waals surface area contributed by atoms with Gasteiger partial charge in [0, 0.05) is 0 Å². The topological polar surface area (TPSA) is 91.2 Å². The minimum atomic E-state index is -0.138. The molecule has 1 heterocycles. The van der Waals surface area contributed by atoms with Gasteiger partial charge in [-0.15, -0.1) is 0 Å². The third-order valence-electron chi connectivity index (χ3n) is 6.40. The van der Waals surface area contributed by atoms with Gasteiger partial charge in [-0.2, -0.15) is 0 Å². The number of H-pyrrole nitrogens is 1. The molecule has 164 valence electrons. The van der Waals surface area contributed by atoms with Crippen LogP contribution in [0, 0.1) is 20.8 Å². The Morgan fingerprint density at radius 2 is 1.87 bits per heavy atom. The second-order valence-electron chi connectivity index (χ2n) is 8.69. The number of nitrogens with one attached hydrogen (secondary N) is 2. The van der Waals surface area contributed by atoms with E-state index < -0.39 is 0 Å². The fourth-order valence-corrected chi connectivity index (χ4v) is 5.92. The number of carbonyl (C=O) groups is 1. The zero-order valence-corrected chi connectivity index (χ0v) is 23.5. The summed E-state index contributed by atoms with van der Waals surface area (Å²) in [6.07, 6.45) is 4.30. The number of aromatic amines is 1. The van der Waals surface area contributed by atoms with E-state index >= 15 is 0 Å². The van der Waals surface area contributed by atoms with Crippen molar-refractivity contribution in [3.8, 4) is 0 Å². The molecule has 4 N–H and O–H groups in total. The summed E-state index contributed by atoms with van der Waals surface area (Å²) in [6, 6.07) is 6.98. The molecule has 0 bridgehead atoms. The summed E-state index contributed by atoms with van der Waals surface area (Å²) in [7, 11) is 0. The molecule has 2 aromatic rings. The predicted molar refractivity (Wildman–Crippen MR) is 128 cm³/mol. The Kier molecular flexibility index (Phi) is 7.96. The van der Waals surface area contributed by atoms with E-state index in [-0.39, 0.29) is 18.0 Å². The Balaban J connectivity index is 1.84. The van der Waals surface area contributed by atoms with Crippen LogP contribution in [0.2, 0.25) is 0 Å². The average Bonchev–Trinajstić information content (AvgIpc) is 2.71. The Labute approximate surface area is 200 Å². The standard InChI is InChI=1S/C24H33N4O2.Tl/c1-5-28(19-11-9-18(25)10-12-19)22-8-6-7-20(17(22)4)23(29)26-14-21-15(2)13-16(3)27-24(21)30;/h7-8,13,18-19H,5,9-12,14,25H2,1-4H3,(H,26,29)(H,27,30);. The van der Waals surface area contributed by atoms with Crippen molar-refractivity contribution >= 4 is 40.5 Å². The molecule has 7 heteroatoms. The van der Waals surface area contributed by atoms with Gasteiger partial charge in [0.2, 0.25) is 0 Å². The number of hydrogen-bond acceptors (Lipinski definition) is 4. The molecule has 6 nitrogen and oxygen atoms in total. The summed E-state index contributed by atoms with van der Waals surface area (Å²) >= 11 is 0.636. The molecule has 0 aliphatic heterocycles. The summed E-state index contributed by atoms with van der Waals surface area (Å²) in [5.74, 6) is -0.123. The van der Waals surface area contributed by atoms with Crippen LogP contribution in [0.3, 0.4) is 0 Å². The van der Waals surface area contributed by atoms with E-state index in [1.807, 2.05) is 32.9 Å². The number of nitrogens with zero attached hydrogens (tertiary/aromatic N) is 1. The van der Waals surface area contributed by atoms with Crippen LogP contribution in [0.4, 0.5) is 5.69 Å². The first-order valence-corrected chi connectivity index (χ1v) is 13.4. The van der Waals surface area contributed by atoms with Gasteiger partial charge in [0.25, 0.3) is 0 Å². The van der Waals surface area contributed by atoms with E-state index in [9.17, 15) is 9.59 Å². The fourth-order valence-electron chi connectivity index (χ4n) is 4.66. The zero-order chi connectivity index (χ0) is 22.7. The average molecular weight is 614 g/mol. The van der Waals surface area contributed by atoms with Crippen LogP contribution in [-0.4, -0.2) is 55.3 Å². The molecular weight excluding hydrogens is 581 g/mol. The van der Waals surface area contributed by atoms with Gasteiger partial charge in [0.1, 0.15) is 0 Å². The molecule has 0 radical (unpaired) electrons. The molecule has 1 aromatic heterocycles. The number of hydrogen-bond donors (Lipinski definition) is 3. The molecule has 0 atom stereocenters. The number of nitrogens with two attached hydrogens (primary N) is 1. The number of anilines is 1. The van der Waals surface area contributed by atoms with Gasteiger partial charge in [0.15, 0.2) is 0 Å². The number of aryl methyl sites for hydroxylation is 2. The van der Waals surface area contributed by atoms with Crippen molar-refractivity contribution in [2.45, 2.75) is 72.0 Å². The second kappa shape index (κ2) is 10.3. The second-order valence-corrected chi connectivity index (χ2v) is 11.3. The fraction of sp³-hybridized carbons (Fsp3) is 0.500. The number of aromatic nitrogens is 1. The quantitative estimate of drug-likeness (QED) is 0.436. The van der Waals surface area contributed by atoms with Crippen molar-refractivity contribution in [2.24, 2.45) is 5.73 Å². The number of rotatable bonds is 6. The third-order valence-corrected chi connectivity index (χ3v) is 7.69. The molecule has 1 aliphatic carbocycles. The molecule has 0 unspecified atom stereocenters. The summed E-state index contributed by atoms with van der Waals surface area (Å²) in [5, 5.41) is 2.98. The Morgan fingerprint density at radius 3 is 2.48 bits per heavy atom. The molecule has 1 aromatic carbocycles. The molecule has 1 saturated carbocycles. The van der Waals surface area contributed by atoms with Crippen LogP contribution in [0.1, 0.15) is 65.3 Å². The van der Waals surface area contributed by atoms with E-state index in [2.05, 4.69) is 28.2 Å². The van der Waals surface area contributed by atoms with E-state index in [1.54, 1.807) is 0 Å². The summed E-state index contributed by atoms with van der Waals surface area (Å²) < 4.78 is 1.22. The van der Waals surface area contributed by atoms with Crippen LogP contribution in [-0.2, 0) is 6.54 Å². The van der Waals surface area contributed by atoms with E-state index in [4.69, 9.17) is 5.73 Å². The molecular formula is C24H33N4O2Tl. The van der Waals surface area contributed by atoms with E-state index in [0.29, 0.717) is 49.0 Å². The monoisotopic (exact) mass is 614 g/mol. The van der Waals surface area contributed by atoms with Crippen LogP contribution in [0.25, 0.3) is 0 Å². The van der Waals surface area contributed by atoms with Crippen molar-refractivity contribution in [1.82, 2.24) is 10.3 Å². The van der Waals surface area contributed by atoms with Gasteiger partial charge < -0.3 is 0 Å². The van der Waals surface area contributed by atoms with Gasteiger partial charge in [-0.1, -0.05) is 0 Å². The Bertz CT molecular complexity index is 1010. The Hall–Kier alpha value is -1.68. The zero-order valence-electron chi connectivity index (χ0n) is 19.0. The van der Waals surface area contributed by atoms with Gasteiger partial charge in [-0.3, -0.25) is 0 Å². The minimum absolute atomic E-state index is 0.123. The normalized spacial score (nSPS) is 18.6.